The summed E-state index contributed by atoms with van der Waals surface area (Å²) in [6, 6.07) is 0. The van der Waals surface area contributed by atoms with Gasteiger partial charge in [-0.1, -0.05) is 103 Å². The molecule has 1 N–H and O–H groups in total. The lowest BCUT2D eigenvalue weighted by Gasteiger charge is -2.04. The van der Waals surface area contributed by atoms with E-state index in [2.05, 4.69) is 15.8 Å². The molecular formula is C19H41NO3S. The molecule has 0 saturated carbocycles. The van der Waals surface area contributed by atoms with E-state index >= 15 is 0 Å². The van der Waals surface area contributed by atoms with Crippen LogP contribution in [0, 0.1) is 0 Å². The van der Waals surface area contributed by atoms with Crippen molar-refractivity contribution < 1.29 is 12.6 Å². The fourth-order valence-electron chi connectivity index (χ4n) is 2.93. The molecule has 0 radical (unpaired) electrons. The minimum absolute atomic E-state index is 0.481. The Balaban J connectivity index is 3.08. The quantitative estimate of drug-likeness (QED) is 0.298. The third kappa shape index (κ3) is 18.2. The van der Waals surface area contributed by atoms with E-state index in [1.165, 1.54) is 97.0 Å². The third-order valence-electron chi connectivity index (χ3n) is 4.53. The largest absolute Gasteiger partial charge is 0.335 e. The van der Waals surface area contributed by atoms with Gasteiger partial charge < -0.3 is 0 Å². The van der Waals surface area contributed by atoms with E-state index in [-0.39, 0.29) is 0 Å². The van der Waals surface area contributed by atoms with Gasteiger partial charge >= 0.3 is 10.3 Å². The highest BCUT2D eigenvalue weighted by Gasteiger charge is 2.04. The maximum Gasteiger partial charge on any atom is 0.335 e. The SMILES string of the molecule is CCCCCCCCCCCCCCCCCCNS(=O)(=O)OC. The van der Waals surface area contributed by atoms with Crippen molar-refractivity contribution in [3.05, 3.63) is 0 Å². The molecule has 0 aliphatic carbocycles. The van der Waals surface area contributed by atoms with Gasteiger partial charge in [0, 0.05) is 6.54 Å². The Morgan fingerprint density at radius 1 is 0.625 bits per heavy atom. The van der Waals surface area contributed by atoms with Crippen molar-refractivity contribution in [1.82, 2.24) is 4.72 Å². The number of hydrogen-bond acceptors (Lipinski definition) is 3. The predicted molar refractivity (Wildman–Crippen MR) is 103 cm³/mol. The molecular weight excluding hydrogens is 322 g/mol. The van der Waals surface area contributed by atoms with Gasteiger partial charge in [0.1, 0.15) is 0 Å². The van der Waals surface area contributed by atoms with Gasteiger partial charge in [-0.15, -0.1) is 0 Å². The van der Waals surface area contributed by atoms with Gasteiger partial charge in [-0.05, 0) is 6.42 Å². The third-order valence-corrected chi connectivity index (χ3v) is 5.53. The first-order valence-corrected chi connectivity index (χ1v) is 11.6. The zero-order valence-corrected chi connectivity index (χ0v) is 17.0. The van der Waals surface area contributed by atoms with Gasteiger partial charge in [0.25, 0.3) is 0 Å². The van der Waals surface area contributed by atoms with Crippen LogP contribution in [0.25, 0.3) is 0 Å². The van der Waals surface area contributed by atoms with Crippen LogP contribution in [-0.2, 0) is 14.5 Å². The van der Waals surface area contributed by atoms with Crippen molar-refractivity contribution in [3.63, 3.8) is 0 Å². The second-order valence-electron chi connectivity index (χ2n) is 6.82. The summed E-state index contributed by atoms with van der Waals surface area (Å²) in [5.41, 5.74) is 0. The van der Waals surface area contributed by atoms with Gasteiger partial charge in [-0.25, -0.2) is 0 Å². The van der Waals surface area contributed by atoms with Crippen LogP contribution >= 0.6 is 0 Å². The Hall–Kier alpha value is -0.130. The molecule has 0 spiro atoms. The summed E-state index contributed by atoms with van der Waals surface area (Å²) < 4.78 is 28.8. The topological polar surface area (TPSA) is 55.4 Å². The number of hydrogen-bond donors (Lipinski definition) is 1. The first-order chi connectivity index (χ1) is 11.6. The second kappa shape index (κ2) is 17.7. The zero-order valence-electron chi connectivity index (χ0n) is 16.2. The summed E-state index contributed by atoms with van der Waals surface area (Å²) in [5, 5.41) is 0. The first kappa shape index (κ1) is 23.9. The van der Waals surface area contributed by atoms with Crippen molar-refractivity contribution in [3.8, 4) is 0 Å². The molecule has 0 unspecified atom stereocenters. The molecule has 0 fully saturated rings. The molecule has 4 nitrogen and oxygen atoms in total. The molecule has 0 rings (SSSR count). The monoisotopic (exact) mass is 363 g/mol. The van der Waals surface area contributed by atoms with Crippen LogP contribution in [0.3, 0.4) is 0 Å². The lowest BCUT2D eigenvalue weighted by atomic mass is 10.0. The molecule has 24 heavy (non-hydrogen) atoms. The number of nitrogens with one attached hydrogen (secondary N) is 1. The zero-order chi connectivity index (χ0) is 17.9. The lowest BCUT2D eigenvalue weighted by molar-refractivity contribution is 0.386. The van der Waals surface area contributed by atoms with E-state index < -0.39 is 10.3 Å². The molecule has 0 amide bonds. The van der Waals surface area contributed by atoms with Crippen molar-refractivity contribution in [2.24, 2.45) is 0 Å². The Morgan fingerprint density at radius 2 is 0.958 bits per heavy atom. The highest BCUT2D eigenvalue weighted by atomic mass is 32.2. The van der Waals surface area contributed by atoms with Crippen molar-refractivity contribution in [2.75, 3.05) is 13.7 Å². The fraction of sp³-hybridized carbons (Fsp3) is 1.00. The molecule has 0 atom stereocenters. The van der Waals surface area contributed by atoms with Gasteiger partial charge in [-0.2, -0.15) is 13.1 Å². The van der Waals surface area contributed by atoms with Gasteiger partial charge in [0.15, 0.2) is 0 Å². The van der Waals surface area contributed by atoms with Gasteiger partial charge in [-0.3, -0.25) is 4.18 Å². The molecule has 0 aliphatic rings. The number of rotatable bonds is 19. The van der Waals surface area contributed by atoms with Crippen molar-refractivity contribution in [2.45, 2.75) is 110 Å². The summed E-state index contributed by atoms with van der Waals surface area (Å²) in [6.45, 7) is 2.75. The van der Waals surface area contributed by atoms with Crippen LogP contribution in [0.15, 0.2) is 0 Å². The Labute approximate surface area is 151 Å². The number of unbranched alkanes of at least 4 members (excludes halogenated alkanes) is 15. The van der Waals surface area contributed by atoms with E-state index in [0.717, 1.165) is 12.8 Å². The summed E-state index contributed by atoms with van der Waals surface area (Å²) in [6.07, 6.45) is 21.2. The maximum atomic E-state index is 11.0. The van der Waals surface area contributed by atoms with E-state index in [9.17, 15) is 8.42 Å². The molecule has 146 valence electrons. The van der Waals surface area contributed by atoms with E-state index in [0.29, 0.717) is 6.54 Å². The molecule has 5 heteroatoms. The molecule has 0 aromatic rings. The first-order valence-electron chi connectivity index (χ1n) is 10.2. The summed E-state index contributed by atoms with van der Waals surface area (Å²) >= 11 is 0. The molecule has 0 aliphatic heterocycles. The van der Waals surface area contributed by atoms with Crippen molar-refractivity contribution >= 4 is 10.3 Å². The summed E-state index contributed by atoms with van der Waals surface area (Å²) in [7, 11) is -2.31. The van der Waals surface area contributed by atoms with Crippen molar-refractivity contribution in [1.29, 1.82) is 0 Å². The predicted octanol–water partition coefficient (Wildman–Crippen LogP) is 5.73. The highest BCUT2D eigenvalue weighted by Crippen LogP contribution is 2.13. The summed E-state index contributed by atoms with van der Waals surface area (Å²) in [4.78, 5) is 0. The van der Waals surface area contributed by atoms with Crippen LogP contribution in [0.4, 0.5) is 0 Å². The molecule has 0 bridgehead atoms. The van der Waals surface area contributed by atoms with Gasteiger partial charge in [0.2, 0.25) is 0 Å². The van der Waals surface area contributed by atoms with Gasteiger partial charge in [0.05, 0.1) is 7.11 Å². The molecule has 0 saturated heterocycles. The van der Waals surface area contributed by atoms with Crippen LogP contribution in [0.1, 0.15) is 110 Å². The maximum absolute atomic E-state index is 11.0. The molecule has 0 heterocycles. The Kier molecular flexibility index (Phi) is 17.6. The summed E-state index contributed by atoms with van der Waals surface area (Å²) in [5.74, 6) is 0. The van der Waals surface area contributed by atoms with E-state index in [4.69, 9.17) is 0 Å². The fourth-order valence-corrected chi connectivity index (χ4v) is 3.44. The van der Waals surface area contributed by atoms with E-state index in [1.807, 2.05) is 0 Å². The molecule has 0 aromatic heterocycles. The molecule has 0 aromatic carbocycles. The Bertz CT molecular complexity index is 345. The normalized spacial score (nSPS) is 11.9. The average Bonchev–Trinajstić information content (AvgIpc) is 2.57. The lowest BCUT2D eigenvalue weighted by Crippen LogP contribution is -2.25. The highest BCUT2D eigenvalue weighted by molar-refractivity contribution is 7.84. The van der Waals surface area contributed by atoms with Crippen LogP contribution in [0.5, 0.6) is 0 Å². The minimum atomic E-state index is -3.49. The van der Waals surface area contributed by atoms with E-state index in [1.54, 1.807) is 0 Å². The van der Waals surface area contributed by atoms with Crippen LogP contribution < -0.4 is 4.72 Å². The average molecular weight is 364 g/mol. The standard InChI is InChI=1S/C19H41NO3S/c1-3-4-5-6-7-8-9-10-11-12-13-14-15-16-17-18-19-20-24(21,22)23-2/h20H,3-19H2,1-2H3. The van der Waals surface area contributed by atoms with Crippen LogP contribution in [0.2, 0.25) is 0 Å². The minimum Gasteiger partial charge on any atom is -0.261 e. The Morgan fingerprint density at radius 3 is 1.29 bits per heavy atom. The van der Waals surface area contributed by atoms with Crippen LogP contribution in [-0.4, -0.2) is 22.1 Å². The second-order valence-corrected chi connectivity index (χ2v) is 8.35. The smallest absolute Gasteiger partial charge is 0.261 e.